The van der Waals surface area contributed by atoms with Crippen LogP contribution in [0.2, 0.25) is 0 Å². The Morgan fingerprint density at radius 2 is 1.64 bits per heavy atom. The molecule has 3 fully saturated rings. The molecular formula is C30H36F2N2OS. The number of nitrogens with zero attached hydrogens (tertiary/aromatic N) is 2. The van der Waals surface area contributed by atoms with Gasteiger partial charge in [0.2, 0.25) is 0 Å². The van der Waals surface area contributed by atoms with Crippen molar-refractivity contribution < 1.29 is 13.6 Å². The van der Waals surface area contributed by atoms with Crippen molar-refractivity contribution in [1.82, 2.24) is 9.80 Å². The second kappa shape index (κ2) is 12.0. The molecule has 0 spiro atoms. The molecule has 6 heteroatoms. The average Bonchev–Trinajstić information content (AvgIpc) is 3.20. The van der Waals surface area contributed by atoms with Crippen LogP contribution in [0.4, 0.5) is 8.78 Å². The summed E-state index contributed by atoms with van der Waals surface area (Å²) in [7, 11) is 0. The molecule has 0 bridgehead atoms. The Labute approximate surface area is 217 Å². The summed E-state index contributed by atoms with van der Waals surface area (Å²) < 4.78 is 27.7. The van der Waals surface area contributed by atoms with E-state index in [1.807, 2.05) is 6.07 Å². The van der Waals surface area contributed by atoms with Crippen LogP contribution < -0.4 is 0 Å². The number of rotatable bonds is 7. The zero-order valence-electron chi connectivity index (χ0n) is 20.9. The quantitative estimate of drug-likeness (QED) is 0.386. The lowest BCUT2D eigenvalue weighted by atomic mass is 9.90. The molecular weight excluding hydrogens is 474 g/mol. The minimum atomic E-state index is -0.318. The number of ketones is 1. The van der Waals surface area contributed by atoms with E-state index in [2.05, 4.69) is 9.80 Å². The number of halogens is 2. The molecule has 0 amide bonds. The summed E-state index contributed by atoms with van der Waals surface area (Å²) in [4.78, 5) is 19.3. The van der Waals surface area contributed by atoms with Crippen molar-refractivity contribution in [2.24, 2.45) is 5.92 Å². The first-order valence-corrected chi connectivity index (χ1v) is 14.3. The fraction of sp³-hybridized carbons (Fsp3) is 0.500. The van der Waals surface area contributed by atoms with Gasteiger partial charge in [-0.25, -0.2) is 8.78 Å². The molecule has 5 rings (SSSR count). The first-order chi connectivity index (χ1) is 17.6. The van der Waals surface area contributed by atoms with Gasteiger partial charge in [-0.2, -0.15) is 0 Å². The summed E-state index contributed by atoms with van der Waals surface area (Å²) in [5.41, 5.74) is 1.53. The van der Waals surface area contributed by atoms with Gasteiger partial charge in [-0.3, -0.25) is 9.69 Å². The Kier molecular flexibility index (Phi) is 8.55. The third kappa shape index (κ3) is 6.27. The lowest BCUT2D eigenvalue weighted by Crippen LogP contribution is -2.50. The summed E-state index contributed by atoms with van der Waals surface area (Å²) >= 11 is 1.49. The normalized spacial score (nSPS) is 25.6. The molecule has 2 saturated heterocycles. The smallest absolute Gasteiger partial charge is 0.173 e. The largest absolute Gasteiger partial charge is 0.301 e. The Hall–Kier alpha value is -2.02. The van der Waals surface area contributed by atoms with Crippen molar-refractivity contribution in [3.05, 3.63) is 76.2 Å². The van der Waals surface area contributed by atoms with E-state index in [9.17, 15) is 13.6 Å². The van der Waals surface area contributed by atoms with Crippen LogP contribution in [-0.4, -0.2) is 54.3 Å². The van der Waals surface area contributed by atoms with E-state index in [0.717, 1.165) is 57.2 Å². The van der Waals surface area contributed by atoms with E-state index in [1.165, 1.54) is 62.1 Å². The monoisotopic (exact) mass is 510 g/mol. The lowest BCUT2D eigenvalue weighted by molar-refractivity contribution is -0.118. The van der Waals surface area contributed by atoms with Crippen molar-refractivity contribution in [1.29, 1.82) is 0 Å². The van der Waals surface area contributed by atoms with Crippen molar-refractivity contribution in [3.8, 4) is 0 Å². The second-order valence-corrected chi connectivity index (χ2v) is 11.6. The predicted molar refractivity (Wildman–Crippen MR) is 144 cm³/mol. The molecule has 3 aliphatic rings. The van der Waals surface area contributed by atoms with Gasteiger partial charge in [0.1, 0.15) is 11.6 Å². The number of hydrogen-bond acceptors (Lipinski definition) is 4. The molecule has 1 aliphatic carbocycles. The number of Topliss-reactive ketones (excluding diaryl/α,β-unsaturated/α-hetero) is 1. The van der Waals surface area contributed by atoms with Gasteiger partial charge in [0.15, 0.2) is 5.78 Å². The summed E-state index contributed by atoms with van der Waals surface area (Å²) in [6, 6.07) is 13.7. The van der Waals surface area contributed by atoms with Gasteiger partial charge in [-0.05, 0) is 73.7 Å². The summed E-state index contributed by atoms with van der Waals surface area (Å²) in [5, 5.41) is -0.115. The van der Waals surface area contributed by atoms with Gasteiger partial charge in [-0.15, -0.1) is 11.8 Å². The van der Waals surface area contributed by atoms with E-state index in [4.69, 9.17) is 0 Å². The lowest BCUT2D eigenvalue weighted by Gasteiger charge is -2.40. The topological polar surface area (TPSA) is 23.6 Å². The Morgan fingerprint density at radius 3 is 2.36 bits per heavy atom. The van der Waals surface area contributed by atoms with E-state index >= 15 is 0 Å². The number of hydrogen-bond donors (Lipinski definition) is 0. The van der Waals surface area contributed by atoms with Crippen LogP contribution >= 0.6 is 11.8 Å². The van der Waals surface area contributed by atoms with Crippen LogP contribution in [0, 0.1) is 17.6 Å². The van der Waals surface area contributed by atoms with Crippen LogP contribution in [0.15, 0.2) is 53.4 Å². The van der Waals surface area contributed by atoms with E-state index in [0.29, 0.717) is 10.5 Å². The highest BCUT2D eigenvalue weighted by molar-refractivity contribution is 8.05. The molecule has 2 aliphatic heterocycles. The highest BCUT2D eigenvalue weighted by Gasteiger charge is 2.40. The molecule has 2 heterocycles. The zero-order chi connectivity index (χ0) is 24.9. The fourth-order valence-corrected chi connectivity index (χ4v) is 7.50. The zero-order valence-corrected chi connectivity index (χ0v) is 21.7. The van der Waals surface area contributed by atoms with Crippen molar-refractivity contribution in [2.45, 2.75) is 56.2 Å². The maximum atomic E-state index is 14.0. The second-order valence-electron chi connectivity index (χ2n) is 10.4. The Balaban J connectivity index is 1.22. The maximum Gasteiger partial charge on any atom is 0.173 e. The van der Waals surface area contributed by atoms with Gasteiger partial charge >= 0.3 is 0 Å². The first-order valence-electron chi connectivity index (χ1n) is 13.5. The molecule has 192 valence electrons. The number of piperazine rings is 1. The third-order valence-electron chi connectivity index (χ3n) is 8.01. The summed E-state index contributed by atoms with van der Waals surface area (Å²) in [5.74, 6) is -0.694. The number of benzene rings is 2. The van der Waals surface area contributed by atoms with Crippen molar-refractivity contribution in [2.75, 3.05) is 32.7 Å². The van der Waals surface area contributed by atoms with Gasteiger partial charge < -0.3 is 4.90 Å². The summed E-state index contributed by atoms with van der Waals surface area (Å²) in [6.07, 6.45) is 10.4. The minimum Gasteiger partial charge on any atom is -0.301 e. The van der Waals surface area contributed by atoms with Crippen LogP contribution in [0.5, 0.6) is 0 Å². The van der Waals surface area contributed by atoms with E-state index in [-0.39, 0.29) is 28.6 Å². The van der Waals surface area contributed by atoms with Crippen molar-refractivity contribution in [3.63, 3.8) is 0 Å². The fourth-order valence-electron chi connectivity index (χ4n) is 6.05. The SMILES string of the molecule is O=C1/C(=C\c2cccc(F)c2)SC(c2cccc(F)c2)C1CCCN1CCN(C2CCCCC2)CC1. The molecule has 0 aromatic heterocycles. The van der Waals surface area contributed by atoms with E-state index in [1.54, 1.807) is 30.3 Å². The maximum absolute atomic E-state index is 14.0. The van der Waals surface area contributed by atoms with Gasteiger partial charge in [0, 0.05) is 43.4 Å². The molecule has 0 N–H and O–H groups in total. The van der Waals surface area contributed by atoms with E-state index < -0.39 is 0 Å². The van der Waals surface area contributed by atoms with Gasteiger partial charge in [0.05, 0.1) is 4.91 Å². The standard InChI is InChI=1S/C30H36F2N2OS/c31-24-9-4-7-22(19-24)20-28-29(35)27(30(36-28)23-8-5-10-25(32)21-23)13-6-14-33-15-17-34(18-16-33)26-11-2-1-3-12-26/h4-5,7-10,19-21,26-27,30H,1-3,6,11-18H2/b28-20+. The Bertz CT molecular complexity index is 1080. The highest BCUT2D eigenvalue weighted by atomic mass is 32.2. The molecule has 2 aromatic carbocycles. The number of thioether (sulfide) groups is 1. The molecule has 2 aromatic rings. The molecule has 0 radical (unpaired) electrons. The van der Waals surface area contributed by atoms with Gasteiger partial charge in [-0.1, -0.05) is 43.5 Å². The van der Waals surface area contributed by atoms with Crippen LogP contribution in [0.1, 0.15) is 61.3 Å². The number of carbonyl (C=O) groups excluding carboxylic acids is 1. The van der Waals surface area contributed by atoms with Crippen molar-refractivity contribution >= 4 is 23.6 Å². The van der Waals surface area contributed by atoms with Crippen LogP contribution in [-0.2, 0) is 4.79 Å². The predicted octanol–water partition coefficient (Wildman–Crippen LogP) is 6.71. The average molecular weight is 511 g/mol. The number of allylic oxidation sites excluding steroid dienone is 1. The first kappa shape index (κ1) is 25.6. The minimum absolute atomic E-state index is 0.0978. The molecule has 3 nitrogen and oxygen atoms in total. The Morgan fingerprint density at radius 1 is 0.917 bits per heavy atom. The highest BCUT2D eigenvalue weighted by Crippen LogP contribution is 2.51. The van der Waals surface area contributed by atoms with Crippen LogP contribution in [0.25, 0.3) is 6.08 Å². The molecule has 1 saturated carbocycles. The molecule has 2 atom stereocenters. The molecule has 2 unspecified atom stereocenters. The van der Waals surface area contributed by atoms with Crippen LogP contribution in [0.3, 0.4) is 0 Å². The number of carbonyl (C=O) groups is 1. The third-order valence-corrected chi connectivity index (χ3v) is 9.44. The molecule has 36 heavy (non-hydrogen) atoms. The van der Waals surface area contributed by atoms with Gasteiger partial charge in [0.25, 0.3) is 0 Å². The summed E-state index contributed by atoms with van der Waals surface area (Å²) in [6.45, 7) is 5.49.